The molecule has 0 bridgehead atoms. The Balaban J connectivity index is 0.00000363. The first-order valence-corrected chi connectivity index (χ1v) is 10.7. The van der Waals surface area contributed by atoms with Crippen molar-refractivity contribution >= 4 is 35.8 Å². The summed E-state index contributed by atoms with van der Waals surface area (Å²) in [5.41, 5.74) is 1.81. The van der Waals surface area contributed by atoms with E-state index in [-0.39, 0.29) is 29.9 Å². The van der Waals surface area contributed by atoms with Crippen LogP contribution < -0.4 is 15.4 Å². The summed E-state index contributed by atoms with van der Waals surface area (Å²) in [7, 11) is 3.39. The van der Waals surface area contributed by atoms with Gasteiger partial charge in [-0.3, -0.25) is 9.79 Å². The molecule has 0 spiro atoms. The second-order valence-electron chi connectivity index (χ2n) is 7.56. The van der Waals surface area contributed by atoms with Crippen LogP contribution in [0.5, 0.6) is 5.75 Å². The van der Waals surface area contributed by atoms with Gasteiger partial charge in [-0.05, 0) is 36.2 Å². The maximum Gasteiger partial charge on any atom is 0.251 e. The lowest BCUT2D eigenvalue weighted by Crippen LogP contribution is -2.43. The zero-order valence-corrected chi connectivity index (χ0v) is 21.1. The lowest BCUT2D eigenvalue weighted by molar-refractivity contribution is 0.0906. The number of aliphatic imine (C=N–C) groups is 1. The zero-order chi connectivity index (χ0) is 21.9. The fraction of sp³-hybridized carbons (Fsp3) is 0.417. The van der Waals surface area contributed by atoms with Crippen molar-refractivity contribution in [3.05, 3.63) is 65.7 Å². The zero-order valence-electron chi connectivity index (χ0n) is 18.8. The second-order valence-corrected chi connectivity index (χ2v) is 7.56. The molecule has 1 saturated heterocycles. The van der Waals surface area contributed by atoms with E-state index in [0.29, 0.717) is 31.2 Å². The molecule has 0 aliphatic carbocycles. The van der Waals surface area contributed by atoms with Gasteiger partial charge in [-0.15, -0.1) is 24.0 Å². The van der Waals surface area contributed by atoms with Gasteiger partial charge in [-0.25, -0.2) is 0 Å². The molecule has 1 aliphatic heterocycles. The second kappa shape index (κ2) is 13.9. The van der Waals surface area contributed by atoms with E-state index in [4.69, 9.17) is 9.47 Å². The van der Waals surface area contributed by atoms with Crippen molar-refractivity contribution < 1.29 is 14.3 Å². The van der Waals surface area contributed by atoms with Crippen LogP contribution in [0.3, 0.4) is 0 Å². The highest BCUT2D eigenvalue weighted by Crippen LogP contribution is 2.17. The van der Waals surface area contributed by atoms with Crippen molar-refractivity contribution in [1.29, 1.82) is 0 Å². The number of nitrogens with one attached hydrogen (secondary N) is 2. The Bertz CT molecular complexity index is 846. The number of rotatable bonds is 9. The van der Waals surface area contributed by atoms with E-state index < -0.39 is 0 Å². The molecular weight excluding hydrogens is 519 g/mol. The first-order valence-electron chi connectivity index (χ1n) is 10.7. The van der Waals surface area contributed by atoms with Crippen molar-refractivity contribution in [1.82, 2.24) is 15.5 Å². The van der Waals surface area contributed by atoms with Crippen LogP contribution in [0.4, 0.5) is 0 Å². The molecule has 0 saturated carbocycles. The maximum absolute atomic E-state index is 12.2. The summed E-state index contributed by atoms with van der Waals surface area (Å²) in [5.74, 6) is 1.99. The van der Waals surface area contributed by atoms with Crippen molar-refractivity contribution in [3.8, 4) is 5.75 Å². The third kappa shape index (κ3) is 7.98. The molecule has 3 rings (SSSR count). The van der Waals surface area contributed by atoms with Crippen LogP contribution in [-0.2, 0) is 11.3 Å². The molecule has 8 heteroatoms. The predicted octanol–water partition coefficient (Wildman–Crippen LogP) is 3.16. The summed E-state index contributed by atoms with van der Waals surface area (Å²) in [6.07, 6.45) is 1.09. The van der Waals surface area contributed by atoms with Gasteiger partial charge in [0.15, 0.2) is 5.96 Å². The van der Waals surface area contributed by atoms with Crippen LogP contribution in [0.2, 0.25) is 0 Å². The summed E-state index contributed by atoms with van der Waals surface area (Å²) in [5, 5.41) is 6.26. The minimum absolute atomic E-state index is 0. The number of carbonyl (C=O) groups excluding carboxylic acids is 1. The highest BCUT2D eigenvalue weighted by molar-refractivity contribution is 14.0. The molecule has 0 aromatic heterocycles. The molecule has 1 aliphatic rings. The number of methoxy groups -OCH3 is 1. The molecule has 2 N–H and O–H groups in total. The van der Waals surface area contributed by atoms with Gasteiger partial charge in [0.2, 0.25) is 0 Å². The summed E-state index contributed by atoms with van der Waals surface area (Å²) in [4.78, 5) is 18.9. The first-order chi connectivity index (χ1) is 15.2. The van der Waals surface area contributed by atoms with Crippen LogP contribution >= 0.6 is 24.0 Å². The van der Waals surface area contributed by atoms with E-state index in [1.165, 1.54) is 5.56 Å². The molecule has 7 nitrogen and oxygen atoms in total. The minimum atomic E-state index is -0.101. The van der Waals surface area contributed by atoms with E-state index in [0.717, 1.165) is 37.8 Å². The first kappa shape index (κ1) is 25.9. The molecule has 0 radical (unpaired) electrons. The van der Waals surface area contributed by atoms with E-state index in [2.05, 4.69) is 32.7 Å². The average molecular weight is 552 g/mol. The SMILES string of the molecule is CN=C(NCCNC(=O)c1ccc(OC)cc1)N1CCC(COCc2ccccc2)C1.I. The number of amides is 1. The van der Waals surface area contributed by atoms with Crippen LogP contribution in [0.15, 0.2) is 59.6 Å². The molecule has 2 aromatic rings. The average Bonchev–Trinajstić information content (AvgIpc) is 3.28. The van der Waals surface area contributed by atoms with Gasteiger partial charge in [0.1, 0.15) is 5.75 Å². The number of carbonyl (C=O) groups is 1. The monoisotopic (exact) mass is 552 g/mol. The van der Waals surface area contributed by atoms with E-state index >= 15 is 0 Å². The summed E-state index contributed by atoms with van der Waals surface area (Å²) >= 11 is 0. The van der Waals surface area contributed by atoms with E-state index in [1.54, 1.807) is 38.4 Å². The number of likely N-dealkylation sites (tertiary alicyclic amines) is 1. The Morgan fingerprint density at radius 3 is 2.50 bits per heavy atom. The fourth-order valence-electron chi connectivity index (χ4n) is 3.61. The third-order valence-electron chi connectivity index (χ3n) is 5.31. The lowest BCUT2D eigenvalue weighted by Gasteiger charge is -2.22. The number of hydrogen-bond acceptors (Lipinski definition) is 4. The third-order valence-corrected chi connectivity index (χ3v) is 5.31. The van der Waals surface area contributed by atoms with Gasteiger partial charge in [0, 0.05) is 44.7 Å². The summed E-state index contributed by atoms with van der Waals surface area (Å²) < 4.78 is 11.0. The van der Waals surface area contributed by atoms with Gasteiger partial charge in [0.05, 0.1) is 20.3 Å². The topological polar surface area (TPSA) is 75.2 Å². The fourth-order valence-corrected chi connectivity index (χ4v) is 3.61. The molecule has 1 unspecified atom stereocenters. The molecule has 1 atom stereocenters. The van der Waals surface area contributed by atoms with Crippen LogP contribution in [0, 0.1) is 5.92 Å². The smallest absolute Gasteiger partial charge is 0.251 e. The lowest BCUT2D eigenvalue weighted by atomic mass is 10.1. The number of hydrogen-bond donors (Lipinski definition) is 2. The molecule has 1 heterocycles. The highest BCUT2D eigenvalue weighted by atomic mass is 127. The number of halogens is 1. The van der Waals surface area contributed by atoms with E-state index in [1.807, 2.05) is 18.2 Å². The van der Waals surface area contributed by atoms with Crippen LogP contribution in [0.25, 0.3) is 0 Å². The molecule has 32 heavy (non-hydrogen) atoms. The minimum Gasteiger partial charge on any atom is -0.497 e. The normalized spacial score (nSPS) is 15.8. The van der Waals surface area contributed by atoms with Gasteiger partial charge in [-0.2, -0.15) is 0 Å². The molecular formula is C24H33IN4O3. The molecule has 1 amide bonds. The van der Waals surface area contributed by atoms with Crippen molar-refractivity contribution in [3.63, 3.8) is 0 Å². The summed E-state index contributed by atoms with van der Waals surface area (Å²) in [6.45, 7) is 4.41. The maximum atomic E-state index is 12.2. The van der Waals surface area contributed by atoms with Crippen molar-refractivity contribution in [2.75, 3.05) is 46.9 Å². The Labute approximate surface area is 207 Å². The largest absolute Gasteiger partial charge is 0.497 e. The Hall–Kier alpha value is -2.33. The summed E-state index contributed by atoms with van der Waals surface area (Å²) in [6, 6.07) is 17.3. The van der Waals surface area contributed by atoms with Gasteiger partial charge < -0.3 is 25.0 Å². The van der Waals surface area contributed by atoms with Crippen molar-refractivity contribution in [2.45, 2.75) is 13.0 Å². The quantitative estimate of drug-likeness (QED) is 0.217. The van der Waals surface area contributed by atoms with Gasteiger partial charge in [-0.1, -0.05) is 30.3 Å². The predicted molar refractivity (Wildman–Crippen MR) is 138 cm³/mol. The number of guanidine groups is 1. The molecule has 174 valence electrons. The Morgan fingerprint density at radius 2 is 1.81 bits per heavy atom. The number of ether oxygens (including phenoxy) is 2. The van der Waals surface area contributed by atoms with Crippen molar-refractivity contribution in [2.24, 2.45) is 10.9 Å². The number of benzene rings is 2. The van der Waals surface area contributed by atoms with Crippen LogP contribution in [-0.4, -0.2) is 63.7 Å². The molecule has 2 aromatic carbocycles. The van der Waals surface area contributed by atoms with Crippen LogP contribution in [0.1, 0.15) is 22.3 Å². The number of nitrogens with zero attached hydrogens (tertiary/aromatic N) is 2. The standard InChI is InChI=1S/C24H32N4O3.HI/c1-25-24(27-14-13-26-23(29)21-8-10-22(30-2)11-9-21)28-15-12-20(16-28)18-31-17-19-6-4-3-5-7-19;/h3-11,20H,12-18H2,1-2H3,(H,25,27)(H,26,29);1H. The Kier molecular flexibility index (Phi) is 11.3. The Morgan fingerprint density at radius 1 is 1.09 bits per heavy atom. The van der Waals surface area contributed by atoms with Gasteiger partial charge in [0.25, 0.3) is 5.91 Å². The molecule has 1 fully saturated rings. The highest BCUT2D eigenvalue weighted by Gasteiger charge is 2.24. The van der Waals surface area contributed by atoms with E-state index in [9.17, 15) is 4.79 Å². The van der Waals surface area contributed by atoms with Gasteiger partial charge >= 0.3 is 0 Å².